The minimum absolute atomic E-state index is 0.163. The molecule has 2 fully saturated rings. The van der Waals surface area contributed by atoms with Crippen molar-refractivity contribution in [2.45, 2.75) is 18.9 Å². The van der Waals surface area contributed by atoms with Crippen LogP contribution in [0.4, 0.5) is 0 Å². The van der Waals surface area contributed by atoms with E-state index in [1.165, 1.54) is 6.42 Å². The maximum atomic E-state index is 12.9. The van der Waals surface area contributed by atoms with Gasteiger partial charge in [-0.25, -0.2) is 0 Å². The number of hydrogen-bond donors (Lipinski definition) is 2. The Morgan fingerprint density at radius 2 is 1.90 bits per heavy atom. The molecule has 2 aliphatic rings. The largest absolute Gasteiger partial charge is 0.336 e. The molecule has 1 atom stereocenters. The lowest BCUT2D eigenvalue weighted by Crippen LogP contribution is -2.46. The van der Waals surface area contributed by atoms with Gasteiger partial charge in [0.2, 0.25) is 0 Å². The van der Waals surface area contributed by atoms with Gasteiger partial charge in [-0.15, -0.1) is 0 Å². The van der Waals surface area contributed by atoms with Crippen LogP contribution < -0.4 is 10.6 Å². The predicted octanol–water partition coefficient (Wildman–Crippen LogP) is 1.25. The highest BCUT2D eigenvalue weighted by molar-refractivity contribution is 6.19. The number of piperazine rings is 1. The fourth-order valence-electron chi connectivity index (χ4n) is 3.00. The summed E-state index contributed by atoms with van der Waals surface area (Å²) in [5.74, 6) is 0.163. The Hall–Kier alpha value is -1.65. The second-order valence-corrected chi connectivity index (χ2v) is 5.69. The minimum atomic E-state index is 0.163. The summed E-state index contributed by atoms with van der Waals surface area (Å²) in [6.45, 7) is 4.40. The van der Waals surface area contributed by atoms with E-state index < -0.39 is 0 Å². The van der Waals surface area contributed by atoms with Crippen LogP contribution in [0.3, 0.4) is 0 Å². The highest BCUT2D eigenvalue weighted by atomic mass is 16.2. The fourth-order valence-corrected chi connectivity index (χ4v) is 3.00. The number of rotatable bonds is 3. The molecule has 0 aromatic heterocycles. The summed E-state index contributed by atoms with van der Waals surface area (Å²) in [4.78, 5) is 14.9. The molecule has 2 heterocycles. The van der Waals surface area contributed by atoms with Crippen LogP contribution >= 0.6 is 0 Å². The minimum Gasteiger partial charge on any atom is -0.336 e. The summed E-state index contributed by atoms with van der Waals surface area (Å²) in [6.07, 6.45) is 4.43. The number of carbonyl (C=O) groups excluding carboxylic acids is 1. The Bertz CT molecular complexity index is 500. The van der Waals surface area contributed by atoms with E-state index in [0.29, 0.717) is 6.04 Å². The molecule has 4 heteroatoms. The van der Waals surface area contributed by atoms with Crippen LogP contribution in [0.5, 0.6) is 0 Å². The quantitative estimate of drug-likeness (QED) is 0.822. The van der Waals surface area contributed by atoms with Crippen molar-refractivity contribution in [2.24, 2.45) is 0 Å². The normalized spacial score (nSPS) is 23.3. The number of nitrogens with zero attached hydrogens (tertiary/aromatic N) is 1. The lowest BCUT2D eigenvalue weighted by atomic mass is 10.0. The average molecular weight is 285 g/mol. The maximum Gasteiger partial charge on any atom is 0.254 e. The van der Waals surface area contributed by atoms with E-state index in [-0.39, 0.29) is 5.91 Å². The van der Waals surface area contributed by atoms with E-state index in [2.05, 4.69) is 16.7 Å². The SMILES string of the molecule is O=C(/C(=C\C1CCCN1)c1ccccc1)N1CCNCC1. The number of amides is 1. The molecule has 1 amide bonds. The van der Waals surface area contributed by atoms with Gasteiger partial charge >= 0.3 is 0 Å². The van der Waals surface area contributed by atoms with Crippen molar-refractivity contribution < 1.29 is 4.79 Å². The Morgan fingerprint density at radius 1 is 1.14 bits per heavy atom. The molecule has 1 unspecified atom stereocenters. The Balaban J connectivity index is 1.86. The standard InChI is InChI=1S/C17H23N3O/c21-17(20-11-9-18-10-12-20)16(13-15-7-4-8-19-15)14-5-2-1-3-6-14/h1-3,5-6,13,15,18-19H,4,7-12H2/b16-13-. The first-order valence-corrected chi connectivity index (χ1v) is 7.85. The topological polar surface area (TPSA) is 44.4 Å². The van der Waals surface area contributed by atoms with Crippen molar-refractivity contribution in [3.63, 3.8) is 0 Å². The summed E-state index contributed by atoms with van der Waals surface area (Å²) in [7, 11) is 0. The van der Waals surface area contributed by atoms with Crippen LogP contribution in [0.25, 0.3) is 5.57 Å². The van der Waals surface area contributed by atoms with Gasteiger partial charge in [-0.1, -0.05) is 36.4 Å². The van der Waals surface area contributed by atoms with Gasteiger partial charge in [0, 0.05) is 37.8 Å². The highest BCUT2D eigenvalue weighted by Crippen LogP contribution is 2.20. The predicted molar refractivity (Wildman–Crippen MR) is 84.9 cm³/mol. The summed E-state index contributed by atoms with van der Waals surface area (Å²) >= 11 is 0. The van der Waals surface area contributed by atoms with E-state index in [1.807, 2.05) is 35.2 Å². The molecule has 2 N–H and O–H groups in total. The number of hydrogen-bond acceptors (Lipinski definition) is 3. The summed E-state index contributed by atoms with van der Waals surface area (Å²) in [6, 6.07) is 10.4. The van der Waals surface area contributed by atoms with Crippen LogP contribution in [0.15, 0.2) is 36.4 Å². The molecule has 1 aromatic rings. The molecular formula is C17H23N3O. The van der Waals surface area contributed by atoms with Crippen LogP contribution in [0, 0.1) is 0 Å². The van der Waals surface area contributed by atoms with Gasteiger partial charge in [-0.05, 0) is 24.9 Å². The van der Waals surface area contributed by atoms with Gasteiger partial charge in [0.05, 0.1) is 0 Å². The van der Waals surface area contributed by atoms with Crippen molar-refractivity contribution in [3.8, 4) is 0 Å². The third kappa shape index (κ3) is 3.52. The monoisotopic (exact) mass is 285 g/mol. The lowest BCUT2D eigenvalue weighted by molar-refractivity contribution is -0.125. The Morgan fingerprint density at radius 3 is 2.57 bits per heavy atom. The van der Waals surface area contributed by atoms with Gasteiger partial charge in [0.15, 0.2) is 0 Å². The molecule has 2 saturated heterocycles. The number of benzene rings is 1. The Labute approximate surface area is 126 Å². The summed E-state index contributed by atoms with van der Waals surface area (Å²) in [5.41, 5.74) is 1.87. The third-order valence-corrected chi connectivity index (χ3v) is 4.19. The molecule has 3 rings (SSSR count). The third-order valence-electron chi connectivity index (χ3n) is 4.19. The van der Waals surface area contributed by atoms with Gasteiger partial charge in [-0.3, -0.25) is 4.79 Å². The zero-order chi connectivity index (χ0) is 14.5. The first-order valence-electron chi connectivity index (χ1n) is 7.85. The first kappa shape index (κ1) is 14.3. The molecule has 0 bridgehead atoms. The molecule has 0 radical (unpaired) electrons. The second-order valence-electron chi connectivity index (χ2n) is 5.69. The van der Waals surface area contributed by atoms with Gasteiger partial charge in [0.25, 0.3) is 5.91 Å². The van der Waals surface area contributed by atoms with E-state index in [4.69, 9.17) is 0 Å². The molecule has 0 spiro atoms. The highest BCUT2D eigenvalue weighted by Gasteiger charge is 2.23. The van der Waals surface area contributed by atoms with Gasteiger partial charge < -0.3 is 15.5 Å². The number of nitrogens with one attached hydrogen (secondary N) is 2. The average Bonchev–Trinajstić information content (AvgIpc) is 3.07. The molecule has 0 saturated carbocycles. The van der Waals surface area contributed by atoms with Gasteiger partial charge in [-0.2, -0.15) is 0 Å². The molecule has 112 valence electrons. The molecule has 2 aliphatic heterocycles. The van der Waals surface area contributed by atoms with Gasteiger partial charge in [0.1, 0.15) is 0 Å². The van der Waals surface area contributed by atoms with Crippen molar-refractivity contribution in [3.05, 3.63) is 42.0 Å². The zero-order valence-corrected chi connectivity index (χ0v) is 12.3. The van der Waals surface area contributed by atoms with E-state index in [1.54, 1.807) is 0 Å². The fraction of sp³-hybridized carbons (Fsp3) is 0.471. The van der Waals surface area contributed by atoms with E-state index in [9.17, 15) is 4.79 Å². The van der Waals surface area contributed by atoms with E-state index >= 15 is 0 Å². The Kier molecular flexibility index (Phi) is 4.68. The van der Waals surface area contributed by atoms with E-state index in [0.717, 1.165) is 50.3 Å². The van der Waals surface area contributed by atoms with Crippen molar-refractivity contribution >= 4 is 11.5 Å². The van der Waals surface area contributed by atoms with Crippen molar-refractivity contribution in [1.29, 1.82) is 0 Å². The van der Waals surface area contributed by atoms with Crippen molar-refractivity contribution in [1.82, 2.24) is 15.5 Å². The van der Waals surface area contributed by atoms with Crippen molar-refractivity contribution in [2.75, 3.05) is 32.7 Å². The van der Waals surface area contributed by atoms with Crippen LogP contribution in [0.1, 0.15) is 18.4 Å². The molecular weight excluding hydrogens is 262 g/mol. The van der Waals surface area contributed by atoms with Crippen LogP contribution in [-0.4, -0.2) is 49.6 Å². The second kappa shape index (κ2) is 6.87. The molecule has 1 aromatic carbocycles. The number of carbonyl (C=O) groups is 1. The zero-order valence-electron chi connectivity index (χ0n) is 12.3. The smallest absolute Gasteiger partial charge is 0.254 e. The van der Waals surface area contributed by atoms with Crippen LogP contribution in [0.2, 0.25) is 0 Å². The molecule has 21 heavy (non-hydrogen) atoms. The van der Waals surface area contributed by atoms with Crippen LogP contribution in [-0.2, 0) is 4.79 Å². The first-order chi connectivity index (χ1) is 10.3. The molecule has 4 nitrogen and oxygen atoms in total. The maximum absolute atomic E-state index is 12.9. The summed E-state index contributed by atoms with van der Waals surface area (Å²) in [5, 5.41) is 6.75. The lowest BCUT2D eigenvalue weighted by Gasteiger charge is -2.28. The molecule has 0 aliphatic carbocycles. The summed E-state index contributed by atoms with van der Waals surface area (Å²) < 4.78 is 0.